The lowest BCUT2D eigenvalue weighted by atomic mass is 10.1. The Morgan fingerprint density at radius 3 is 1.86 bits per heavy atom. The fourth-order valence-corrected chi connectivity index (χ4v) is 4.12. The Morgan fingerprint density at radius 2 is 1.14 bits per heavy atom. The summed E-state index contributed by atoms with van der Waals surface area (Å²) in [4.78, 5) is 18.6. The molecule has 35 heavy (non-hydrogen) atoms. The van der Waals surface area contributed by atoms with Crippen molar-refractivity contribution in [1.29, 1.82) is 0 Å². The second kappa shape index (κ2) is 9.15. The van der Waals surface area contributed by atoms with Gasteiger partial charge in [0, 0.05) is 23.5 Å². The van der Waals surface area contributed by atoms with E-state index < -0.39 is 0 Å². The van der Waals surface area contributed by atoms with Crippen LogP contribution in [0.1, 0.15) is 11.1 Å². The smallest absolute Gasteiger partial charge is 0.164 e. The van der Waals surface area contributed by atoms with Crippen LogP contribution in [0.3, 0.4) is 0 Å². The lowest BCUT2D eigenvalue weighted by molar-refractivity contribution is 1.27. The van der Waals surface area contributed by atoms with Crippen LogP contribution in [-0.2, 0) is 0 Å². The van der Waals surface area contributed by atoms with E-state index in [0.717, 1.165) is 45.0 Å². The van der Waals surface area contributed by atoms with Gasteiger partial charge in [0.15, 0.2) is 11.7 Å². The molecule has 3 heterocycles. The number of nitrogens with one attached hydrogen (secondary N) is 1. The van der Waals surface area contributed by atoms with Gasteiger partial charge in [-0.2, -0.15) is 0 Å². The van der Waals surface area contributed by atoms with E-state index in [1.54, 1.807) is 12.4 Å². The van der Waals surface area contributed by atoms with Crippen molar-refractivity contribution in [2.45, 2.75) is 0 Å². The van der Waals surface area contributed by atoms with E-state index in [1.807, 2.05) is 84.9 Å². The fraction of sp³-hybridized carbons (Fsp3) is 0. The molecule has 3 aromatic carbocycles. The van der Waals surface area contributed by atoms with Crippen LogP contribution in [0.25, 0.3) is 22.3 Å². The van der Waals surface area contributed by atoms with E-state index in [9.17, 15) is 0 Å². The minimum Gasteiger partial charge on any atom is -0.324 e. The molecular weight excluding hydrogens is 430 g/mol. The van der Waals surface area contributed by atoms with Crippen molar-refractivity contribution in [3.63, 3.8) is 0 Å². The molecule has 0 atom stereocenters. The molecular formula is C30H21N5. The van der Waals surface area contributed by atoms with Gasteiger partial charge in [0.05, 0.1) is 0 Å². The zero-order valence-corrected chi connectivity index (χ0v) is 18.8. The molecule has 0 fully saturated rings. The summed E-state index contributed by atoms with van der Waals surface area (Å²) in [5.41, 5.74) is 6.36. The highest BCUT2D eigenvalue weighted by Gasteiger charge is 2.22. The van der Waals surface area contributed by atoms with E-state index in [2.05, 4.69) is 39.6 Å². The van der Waals surface area contributed by atoms with Gasteiger partial charge in [-0.1, -0.05) is 84.9 Å². The zero-order valence-electron chi connectivity index (χ0n) is 18.8. The van der Waals surface area contributed by atoms with Crippen molar-refractivity contribution in [1.82, 2.24) is 9.97 Å². The Hall–Kier alpha value is -4.90. The number of hydrogen-bond donors (Lipinski definition) is 1. The summed E-state index contributed by atoms with van der Waals surface area (Å²) in [5, 5.41) is 3.40. The Labute approximate surface area is 203 Å². The number of pyridine rings is 2. The predicted molar refractivity (Wildman–Crippen MR) is 142 cm³/mol. The van der Waals surface area contributed by atoms with Gasteiger partial charge in [-0.05, 0) is 46.5 Å². The first-order valence-corrected chi connectivity index (χ1v) is 11.4. The molecule has 1 aliphatic rings. The number of amidine groups is 2. The van der Waals surface area contributed by atoms with Crippen LogP contribution in [0, 0.1) is 0 Å². The topological polar surface area (TPSA) is 62.5 Å². The predicted octanol–water partition coefficient (Wildman–Crippen LogP) is 6.76. The summed E-state index contributed by atoms with van der Waals surface area (Å²) in [5.74, 6) is 2.69. The van der Waals surface area contributed by atoms with Crippen LogP contribution in [0.2, 0.25) is 0 Å². The summed E-state index contributed by atoms with van der Waals surface area (Å²) < 4.78 is 0. The van der Waals surface area contributed by atoms with Crippen molar-refractivity contribution in [3.8, 4) is 22.3 Å². The molecule has 6 rings (SSSR count). The Kier molecular flexibility index (Phi) is 5.41. The van der Waals surface area contributed by atoms with Gasteiger partial charge < -0.3 is 5.32 Å². The van der Waals surface area contributed by atoms with Crippen molar-refractivity contribution in [3.05, 3.63) is 133 Å². The van der Waals surface area contributed by atoms with Gasteiger partial charge in [-0.3, -0.25) is 0 Å². The van der Waals surface area contributed by atoms with E-state index in [-0.39, 0.29) is 0 Å². The summed E-state index contributed by atoms with van der Waals surface area (Å²) in [7, 11) is 0. The molecule has 0 amide bonds. The lowest BCUT2D eigenvalue weighted by Crippen LogP contribution is -2.12. The fourth-order valence-electron chi connectivity index (χ4n) is 4.12. The molecule has 0 unspecified atom stereocenters. The van der Waals surface area contributed by atoms with Crippen molar-refractivity contribution >= 4 is 23.3 Å². The molecule has 1 aliphatic heterocycles. The molecule has 0 saturated heterocycles. The van der Waals surface area contributed by atoms with Crippen LogP contribution in [-0.4, -0.2) is 21.6 Å². The minimum absolute atomic E-state index is 0.616. The maximum atomic E-state index is 4.83. The second-order valence-electron chi connectivity index (χ2n) is 8.13. The number of aromatic nitrogens is 2. The van der Waals surface area contributed by atoms with Gasteiger partial charge in [-0.25, -0.2) is 20.0 Å². The largest absolute Gasteiger partial charge is 0.324 e. The highest BCUT2D eigenvalue weighted by Crippen LogP contribution is 2.27. The van der Waals surface area contributed by atoms with Crippen LogP contribution in [0.5, 0.6) is 0 Å². The number of rotatable bonds is 4. The van der Waals surface area contributed by atoms with Gasteiger partial charge in [0.1, 0.15) is 11.7 Å². The maximum absolute atomic E-state index is 4.83. The third kappa shape index (κ3) is 4.35. The molecule has 0 bridgehead atoms. The summed E-state index contributed by atoms with van der Waals surface area (Å²) >= 11 is 0. The molecule has 5 heteroatoms. The SMILES string of the molecule is c1ccc(-c2ccnc(N=C3N=C(Nc4cc(-c5ccccc5)ccn4)c4ccccc43)c2)cc1. The Morgan fingerprint density at radius 1 is 0.543 bits per heavy atom. The average Bonchev–Trinajstić information content (AvgIpc) is 3.27. The Bertz CT molecular complexity index is 1560. The number of hydrogen-bond acceptors (Lipinski definition) is 4. The third-order valence-electron chi connectivity index (χ3n) is 5.83. The third-order valence-corrected chi connectivity index (χ3v) is 5.83. The first-order valence-electron chi connectivity index (χ1n) is 11.4. The van der Waals surface area contributed by atoms with Gasteiger partial charge in [0.2, 0.25) is 0 Å². The van der Waals surface area contributed by atoms with Crippen LogP contribution in [0.15, 0.2) is 132 Å². The van der Waals surface area contributed by atoms with Crippen molar-refractivity contribution in [2.75, 3.05) is 5.32 Å². The Balaban J connectivity index is 1.34. The number of fused-ring (bicyclic) bond motifs is 1. The number of benzene rings is 3. The van der Waals surface area contributed by atoms with E-state index in [1.165, 1.54) is 0 Å². The molecule has 1 N–H and O–H groups in total. The highest BCUT2D eigenvalue weighted by atomic mass is 15.1. The molecule has 2 aromatic heterocycles. The van der Waals surface area contributed by atoms with E-state index >= 15 is 0 Å². The average molecular weight is 452 g/mol. The molecule has 0 aliphatic carbocycles. The molecule has 5 nitrogen and oxygen atoms in total. The normalized spacial score (nSPS) is 13.4. The summed E-state index contributed by atoms with van der Waals surface area (Å²) in [6, 6.07) is 36.5. The zero-order chi connectivity index (χ0) is 23.5. The highest BCUT2D eigenvalue weighted by molar-refractivity contribution is 6.26. The summed E-state index contributed by atoms with van der Waals surface area (Å²) in [6.07, 6.45) is 3.59. The van der Waals surface area contributed by atoms with Gasteiger partial charge >= 0.3 is 0 Å². The van der Waals surface area contributed by atoms with Crippen LogP contribution in [0.4, 0.5) is 11.6 Å². The molecule has 0 radical (unpaired) electrons. The molecule has 0 saturated carbocycles. The number of nitrogens with zero attached hydrogens (tertiary/aromatic N) is 4. The van der Waals surface area contributed by atoms with Crippen LogP contribution < -0.4 is 5.32 Å². The molecule has 5 aromatic rings. The van der Waals surface area contributed by atoms with Gasteiger partial charge in [0.25, 0.3) is 0 Å². The quantitative estimate of drug-likeness (QED) is 0.328. The van der Waals surface area contributed by atoms with Crippen molar-refractivity contribution in [2.24, 2.45) is 9.98 Å². The standard InChI is InChI=1S/C30H21N5/c1-3-9-21(10-4-1)23-15-17-31-27(19-23)33-29-25-13-7-8-14-26(25)30(35-29)34-28-20-24(16-18-32-28)22-11-5-2-6-12-22/h1-20H,(H,31,32,33,34,35). The summed E-state index contributed by atoms with van der Waals surface area (Å²) in [6.45, 7) is 0. The second-order valence-corrected chi connectivity index (χ2v) is 8.13. The maximum Gasteiger partial charge on any atom is 0.164 e. The number of aliphatic imine (C=N–C) groups is 2. The molecule has 166 valence electrons. The van der Waals surface area contributed by atoms with Gasteiger partial charge in [-0.15, -0.1) is 0 Å². The monoisotopic (exact) mass is 451 g/mol. The minimum atomic E-state index is 0.616. The van der Waals surface area contributed by atoms with E-state index in [0.29, 0.717) is 11.7 Å². The number of anilines is 1. The van der Waals surface area contributed by atoms with E-state index in [4.69, 9.17) is 9.98 Å². The van der Waals surface area contributed by atoms with Crippen molar-refractivity contribution < 1.29 is 0 Å². The lowest BCUT2D eigenvalue weighted by Gasteiger charge is -2.08. The first-order chi connectivity index (χ1) is 17.3. The first kappa shape index (κ1) is 20.7. The molecule has 0 spiro atoms. The van der Waals surface area contributed by atoms with Crippen LogP contribution >= 0.6 is 0 Å².